The van der Waals surface area contributed by atoms with E-state index in [0.29, 0.717) is 0 Å². The number of allylic oxidation sites excluding steroid dienone is 1. The number of likely N-dealkylation sites (tertiary alicyclic amines) is 1. The van der Waals surface area contributed by atoms with Crippen molar-refractivity contribution in [2.45, 2.75) is 32.3 Å². The van der Waals surface area contributed by atoms with Crippen LogP contribution in [-0.4, -0.2) is 28.7 Å². The molecule has 1 saturated heterocycles. The second kappa shape index (κ2) is 2.86. The van der Waals surface area contributed by atoms with Crippen LogP contribution < -0.4 is 0 Å². The van der Waals surface area contributed by atoms with Gasteiger partial charge in [0, 0.05) is 18.8 Å². The second-order valence-corrected chi connectivity index (χ2v) is 3.76. The van der Waals surface area contributed by atoms with Gasteiger partial charge in [0.2, 0.25) is 0 Å². The molecular formula is C9H17NO. The van der Waals surface area contributed by atoms with Crippen molar-refractivity contribution in [1.29, 1.82) is 0 Å². The maximum atomic E-state index is 9.71. The summed E-state index contributed by atoms with van der Waals surface area (Å²) < 4.78 is 0. The number of rotatable bonds is 1. The highest BCUT2D eigenvalue weighted by atomic mass is 16.3. The zero-order chi connectivity index (χ0) is 8.48. The molecule has 0 aromatic heterocycles. The summed E-state index contributed by atoms with van der Waals surface area (Å²) in [5, 5.41) is 9.71. The van der Waals surface area contributed by atoms with E-state index in [2.05, 4.69) is 11.5 Å². The Morgan fingerprint density at radius 1 is 1.64 bits per heavy atom. The normalized spacial score (nSPS) is 32.1. The van der Waals surface area contributed by atoms with Crippen LogP contribution in [0.25, 0.3) is 0 Å². The molecule has 1 fully saturated rings. The molecule has 1 unspecified atom stereocenters. The third-order valence-electron chi connectivity index (χ3n) is 2.21. The minimum Gasteiger partial charge on any atom is -0.388 e. The lowest BCUT2D eigenvalue weighted by atomic mass is 9.95. The molecular weight excluding hydrogens is 138 g/mol. The first kappa shape index (κ1) is 8.60. The molecule has 2 nitrogen and oxygen atoms in total. The van der Waals surface area contributed by atoms with Gasteiger partial charge in [-0.1, -0.05) is 6.58 Å². The molecule has 0 spiro atoms. The van der Waals surface area contributed by atoms with Crippen LogP contribution in [0.2, 0.25) is 0 Å². The molecule has 0 saturated carbocycles. The molecule has 0 aliphatic carbocycles. The number of aliphatic hydroxyl groups is 1. The van der Waals surface area contributed by atoms with Crippen molar-refractivity contribution in [2.75, 3.05) is 13.1 Å². The Bertz CT molecular complexity index is 163. The first-order valence-corrected chi connectivity index (χ1v) is 4.14. The van der Waals surface area contributed by atoms with E-state index < -0.39 is 5.60 Å². The second-order valence-electron chi connectivity index (χ2n) is 3.76. The molecule has 0 aromatic rings. The number of nitrogens with zero attached hydrogens (tertiary/aromatic N) is 1. The van der Waals surface area contributed by atoms with E-state index in [4.69, 9.17) is 0 Å². The molecule has 1 heterocycles. The van der Waals surface area contributed by atoms with E-state index in [0.717, 1.165) is 31.6 Å². The van der Waals surface area contributed by atoms with Gasteiger partial charge < -0.3 is 10.0 Å². The largest absolute Gasteiger partial charge is 0.388 e. The van der Waals surface area contributed by atoms with Gasteiger partial charge in [-0.2, -0.15) is 0 Å². The summed E-state index contributed by atoms with van der Waals surface area (Å²) in [6.07, 6.45) is 1.98. The number of hydrogen-bond acceptors (Lipinski definition) is 2. The molecule has 0 amide bonds. The third-order valence-corrected chi connectivity index (χ3v) is 2.21. The molecule has 1 atom stereocenters. The first-order chi connectivity index (χ1) is 5.01. The fraction of sp³-hybridized carbons (Fsp3) is 0.778. The van der Waals surface area contributed by atoms with Crippen molar-refractivity contribution in [3.63, 3.8) is 0 Å². The summed E-state index contributed by atoms with van der Waals surface area (Å²) in [5.74, 6) is 0. The van der Waals surface area contributed by atoms with Gasteiger partial charge in [0.15, 0.2) is 0 Å². The van der Waals surface area contributed by atoms with E-state index in [1.54, 1.807) is 0 Å². The van der Waals surface area contributed by atoms with Crippen molar-refractivity contribution >= 4 is 0 Å². The smallest absolute Gasteiger partial charge is 0.0794 e. The Kier molecular flexibility index (Phi) is 2.23. The highest BCUT2D eigenvalue weighted by Crippen LogP contribution is 2.22. The molecule has 11 heavy (non-hydrogen) atoms. The van der Waals surface area contributed by atoms with Crippen molar-refractivity contribution < 1.29 is 5.11 Å². The van der Waals surface area contributed by atoms with Crippen molar-refractivity contribution in [1.82, 2.24) is 4.90 Å². The first-order valence-electron chi connectivity index (χ1n) is 4.14. The molecule has 2 heteroatoms. The Morgan fingerprint density at radius 2 is 2.27 bits per heavy atom. The van der Waals surface area contributed by atoms with E-state index in [9.17, 15) is 5.11 Å². The number of β-amino-alcohol motifs (C(OH)–C–C–N with tert-alkyl or cyclic N) is 1. The monoisotopic (exact) mass is 155 g/mol. The SMILES string of the molecule is C=C(C)N1CCCC(C)(O)C1. The van der Waals surface area contributed by atoms with Crippen molar-refractivity contribution in [3.05, 3.63) is 12.3 Å². The average molecular weight is 155 g/mol. The van der Waals surface area contributed by atoms with Crippen molar-refractivity contribution in [3.8, 4) is 0 Å². The maximum Gasteiger partial charge on any atom is 0.0794 e. The highest BCUT2D eigenvalue weighted by Gasteiger charge is 2.27. The van der Waals surface area contributed by atoms with E-state index in [1.165, 1.54) is 0 Å². The third kappa shape index (κ3) is 2.22. The van der Waals surface area contributed by atoms with Gasteiger partial charge in [0.1, 0.15) is 0 Å². The van der Waals surface area contributed by atoms with Gasteiger partial charge in [0.25, 0.3) is 0 Å². The molecule has 1 aliphatic rings. The summed E-state index contributed by atoms with van der Waals surface area (Å²) in [4.78, 5) is 2.14. The predicted molar refractivity (Wildman–Crippen MR) is 46.2 cm³/mol. The molecule has 1 aliphatic heterocycles. The van der Waals surface area contributed by atoms with Gasteiger partial charge in [-0.05, 0) is 26.7 Å². The lowest BCUT2D eigenvalue weighted by Crippen LogP contribution is -2.44. The van der Waals surface area contributed by atoms with Crippen LogP contribution >= 0.6 is 0 Å². The Hall–Kier alpha value is -0.500. The van der Waals surface area contributed by atoms with Crippen LogP contribution in [0.1, 0.15) is 26.7 Å². The zero-order valence-electron chi connectivity index (χ0n) is 7.43. The minimum atomic E-state index is -0.503. The maximum absolute atomic E-state index is 9.71. The fourth-order valence-electron chi connectivity index (χ4n) is 1.55. The Labute approximate surface area is 68.5 Å². The fourth-order valence-corrected chi connectivity index (χ4v) is 1.55. The lowest BCUT2D eigenvalue weighted by Gasteiger charge is -2.38. The summed E-state index contributed by atoms with van der Waals surface area (Å²) >= 11 is 0. The summed E-state index contributed by atoms with van der Waals surface area (Å²) in [6, 6.07) is 0. The van der Waals surface area contributed by atoms with Gasteiger partial charge in [-0.15, -0.1) is 0 Å². The zero-order valence-corrected chi connectivity index (χ0v) is 7.43. The molecule has 1 rings (SSSR count). The van der Waals surface area contributed by atoms with Gasteiger partial charge in [-0.25, -0.2) is 0 Å². The average Bonchev–Trinajstić information content (AvgIpc) is 1.85. The molecule has 0 bridgehead atoms. The molecule has 1 N–H and O–H groups in total. The minimum absolute atomic E-state index is 0.503. The van der Waals surface area contributed by atoms with Crippen molar-refractivity contribution in [2.24, 2.45) is 0 Å². The van der Waals surface area contributed by atoms with Gasteiger partial charge in [0.05, 0.1) is 5.60 Å². The number of hydrogen-bond donors (Lipinski definition) is 1. The van der Waals surface area contributed by atoms with Crippen LogP contribution in [0.15, 0.2) is 12.3 Å². The quantitative estimate of drug-likeness (QED) is 0.618. The number of piperidine rings is 1. The van der Waals surface area contributed by atoms with Crippen LogP contribution in [-0.2, 0) is 0 Å². The summed E-state index contributed by atoms with van der Waals surface area (Å²) in [5.41, 5.74) is 0.557. The highest BCUT2D eigenvalue weighted by molar-refractivity contribution is 4.95. The molecule has 64 valence electrons. The van der Waals surface area contributed by atoms with Gasteiger partial charge in [-0.3, -0.25) is 0 Å². The lowest BCUT2D eigenvalue weighted by molar-refractivity contribution is -0.00419. The van der Waals surface area contributed by atoms with Crippen LogP contribution in [0, 0.1) is 0 Å². The molecule has 0 radical (unpaired) electrons. The van der Waals surface area contributed by atoms with Crippen LogP contribution in [0.4, 0.5) is 0 Å². The summed E-state index contributed by atoms with van der Waals surface area (Å²) in [6.45, 7) is 9.52. The van der Waals surface area contributed by atoms with Crippen LogP contribution in [0.5, 0.6) is 0 Å². The van der Waals surface area contributed by atoms with E-state index in [1.807, 2.05) is 13.8 Å². The Balaban J connectivity index is 2.53. The van der Waals surface area contributed by atoms with E-state index in [-0.39, 0.29) is 0 Å². The van der Waals surface area contributed by atoms with Gasteiger partial charge >= 0.3 is 0 Å². The molecule has 0 aromatic carbocycles. The topological polar surface area (TPSA) is 23.5 Å². The standard InChI is InChI=1S/C9H17NO/c1-8(2)10-6-4-5-9(3,11)7-10/h11H,1,4-7H2,2-3H3. The summed E-state index contributed by atoms with van der Waals surface area (Å²) in [7, 11) is 0. The van der Waals surface area contributed by atoms with E-state index >= 15 is 0 Å². The Morgan fingerprint density at radius 3 is 2.64 bits per heavy atom. The van der Waals surface area contributed by atoms with Crippen LogP contribution in [0.3, 0.4) is 0 Å². The predicted octanol–water partition coefficient (Wildman–Crippen LogP) is 1.37.